The van der Waals surface area contributed by atoms with Crippen molar-refractivity contribution >= 4 is 17.5 Å². The number of nitrogens with one attached hydrogen (secondary N) is 1. The highest BCUT2D eigenvalue weighted by molar-refractivity contribution is 5.91. The fraction of sp³-hybridized carbons (Fsp3) is 0.500. The van der Waals surface area contributed by atoms with Gasteiger partial charge < -0.3 is 5.32 Å². The molecule has 0 aromatic heterocycles. The Hall–Kier alpha value is -2.04. The molecule has 2 rings (SSSR count). The molecule has 2 amide bonds. The highest BCUT2D eigenvalue weighted by Crippen LogP contribution is 2.26. The summed E-state index contributed by atoms with van der Waals surface area (Å²) in [6.07, 6.45) is 6.61. The van der Waals surface area contributed by atoms with E-state index in [-0.39, 0.29) is 12.3 Å². The van der Waals surface area contributed by atoms with Crippen LogP contribution in [0.4, 0.5) is 5.69 Å². The van der Waals surface area contributed by atoms with Gasteiger partial charge in [-0.3, -0.25) is 9.59 Å². The molecule has 1 aliphatic carbocycles. The van der Waals surface area contributed by atoms with Gasteiger partial charge >= 0.3 is 0 Å². The SMILES string of the molecule is O=NC(=O)Cc1ccc(NC(=O)CC2CCCCC2)cc1. The minimum absolute atomic E-state index is 0.000198. The summed E-state index contributed by atoms with van der Waals surface area (Å²) in [5.41, 5.74) is 1.43. The van der Waals surface area contributed by atoms with Crippen LogP contribution in [0, 0.1) is 10.8 Å². The summed E-state index contributed by atoms with van der Waals surface area (Å²) in [5, 5.41) is 5.24. The Morgan fingerprint density at radius 3 is 2.38 bits per heavy atom. The van der Waals surface area contributed by atoms with E-state index in [4.69, 9.17) is 0 Å². The van der Waals surface area contributed by atoms with Crippen LogP contribution in [0.3, 0.4) is 0 Å². The first kappa shape index (κ1) is 15.4. The molecule has 0 unspecified atom stereocenters. The van der Waals surface area contributed by atoms with Gasteiger partial charge in [0.05, 0.1) is 6.42 Å². The Bertz CT molecular complexity index is 505. The van der Waals surface area contributed by atoms with E-state index in [2.05, 4.69) is 10.5 Å². The van der Waals surface area contributed by atoms with Crippen molar-refractivity contribution in [1.82, 2.24) is 0 Å². The van der Waals surface area contributed by atoms with Gasteiger partial charge in [0.1, 0.15) is 0 Å². The first-order valence-corrected chi connectivity index (χ1v) is 7.42. The van der Waals surface area contributed by atoms with Crippen molar-refractivity contribution in [2.24, 2.45) is 11.1 Å². The van der Waals surface area contributed by atoms with Crippen molar-refractivity contribution in [3.63, 3.8) is 0 Å². The van der Waals surface area contributed by atoms with Crippen molar-refractivity contribution in [1.29, 1.82) is 0 Å². The molecule has 1 N–H and O–H groups in total. The highest BCUT2D eigenvalue weighted by atomic mass is 16.3. The molecule has 0 bridgehead atoms. The van der Waals surface area contributed by atoms with Crippen LogP contribution in [-0.2, 0) is 16.0 Å². The van der Waals surface area contributed by atoms with E-state index >= 15 is 0 Å². The molecule has 0 heterocycles. The lowest BCUT2D eigenvalue weighted by Crippen LogP contribution is -2.18. The number of nitroso groups, excluding NO2 is 1. The Morgan fingerprint density at radius 2 is 1.76 bits per heavy atom. The van der Waals surface area contributed by atoms with Crippen LogP contribution in [0.1, 0.15) is 44.1 Å². The van der Waals surface area contributed by atoms with Crippen molar-refractivity contribution in [3.8, 4) is 0 Å². The first-order chi connectivity index (χ1) is 10.2. The maximum Gasteiger partial charge on any atom is 0.290 e. The van der Waals surface area contributed by atoms with Crippen LogP contribution in [0.2, 0.25) is 0 Å². The van der Waals surface area contributed by atoms with E-state index in [0.717, 1.165) is 12.8 Å². The van der Waals surface area contributed by atoms with E-state index in [9.17, 15) is 14.5 Å². The molecule has 1 saturated carbocycles. The zero-order valence-electron chi connectivity index (χ0n) is 12.0. The molecule has 0 saturated heterocycles. The molecule has 0 spiro atoms. The summed E-state index contributed by atoms with van der Waals surface area (Å²) in [6, 6.07) is 6.93. The lowest BCUT2D eigenvalue weighted by Gasteiger charge is -2.20. The molecule has 0 aliphatic heterocycles. The number of benzene rings is 1. The van der Waals surface area contributed by atoms with Crippen LogP contribution in [0.15, 0.2) is 29.4 Å². The summed E-state index contributed by atoms with van der Waals surface area (Å²) >= 11 is 0. The summed E-state index contributed by atoms with van der Waals surface area (Å²) in [4.78, 5) is 32.9. The second-order valence-electron chi connectivity index (χ2n) is 5.62. The van der Waals surface area contributed by atoms with E-state index in [1.807, 2.05) is 0 Å². The normalized spacial score (nSPS) is 15.4. The maximum absolute atomic E-state index is 12.0. The number of hydrogen-bond donors (Lipinski definition) is 1. The monoisotopic (exact) mass is 288 g/mol. The Labute approximate surface area is 124 Å². The van der Waals surface area contributed by atoms with Gasteiger partial charge in [0.25, 0.3) is 5.91 Å². The van der Waals surface area contributed by atoms with Crippen LogP contribution in [0.5, 0.6) is 0 Å². The quantitative estimate of drug-likeness (QED) is 0.843. The Balaban J connectivity index is 1.83. The molecule has 1 aromatic carbocycles. The van der Waals surface area contributed by atoms with E-state index in [1.165, 1.54) is 19.3 Å². The maximum atomic E-state index is 12.0. The third-order valence-electron chi connectivity index (χ3n) is 3.89. The van der Waals surface area contributed by atoms with E-state index in [1.54, 1.807) is 24.3 Å². The average Bonchev–Trinajstić information content (AvgIpc) is 2.50. The summed E-state index contributed by atoms with van der Waals surface area (Å²) < 4.78 is 0. The van der Waals surface area contributed by atoms with Crippen LogP contribution >= 0.6 is 0 Å². The number of anilines is 1. The fourth-order valence-electron chi connectivity index (χ4n) is 2.78. The second-order valence-corrected chi connectivity index (χ2v) is 5.62. The highest BCUT2D eigenvalue weighted by Gasteiger charge is 2.17. The molecular weight excluding hydrogens is 268 g/mol. The lowest BCUT2D eigenvalue weighted by atomic mass is 9.87. The third-order valence-corrected chi connectivity index (χ3v) is 3.89. The van der Waals surface area contributed by atoms with Gasteiger partial charge in [-0.15, -0.1) is 4.91 Å². The van der Waals surface area contributed by atoms with Gasteiger partial charge in [-0.2, -0.15) is 0 Å². The lowest BCUT2D eigenvalue weighted by molar-refractivity contribution is -0.118. The van der Waals surface area contributed by atoms with Gasteiger partial charge in [-0.05, 0) is 36.5 Å². The second kappa shape index (κ2) is 7.67. The molecule has 5 heteroatoms. The number of nitrogens with zero attached hydrogens (tertiary/aromatic N) is 1. The minimum Gasteiger partial charge on any atom is -0.326 e. The van der Waals surface area contributed by atoms with Gasteiger partial charge in [0.2, 0.25) is 5.91 Å². The zero-order chi connectivity index (χ0) is 15.1. The molecule has 112 valence electrons. The minimum atomic E-state index is -0.691. The summed E-state index contributed by atoms with van der Waals surface area (Å²) in [7, 11) is 0. The van der Waals surface area contributed by atoms with Crippen molar-refractivity contribution < 1.29 is 9.59 Å². The molecule has 0 atom stereocenters. The predicted molar refractivity (Wildman–Crippen MR) is 80.8 cm³/mol. The molecule has 1 aromatic rings. The van der Waals surface area contributed by atoms with Gasteiger partial charge in [0.15, 0.2) is 0 Å². The molecule has 1 aliphatic rings. The van der Waals surface area contributed by atoms with Crippen molar-refractivity contribution in [3.05, 3.63) is 34.7 Å². The molecule has 0 radical (unpaired) electrons. The number of hydrogen-bond acceptors (Lipinski definition) is 3. The average molecular weight is 288 g/mol. The number of amides is 2. The summed E-state index contributed by atoms with van der Waals surface area (Å²) in [6.45, 7) is 0. The molecular formula is C16H20N2O3. The standard InChI is InChI=1S/C16H20N2O3/c19-15(10-12-4-2-1-3-5-12)17-14-8-6-13(7-9-14)11-16(20)18-21/h6-9,12H,1-5,10-11H2,(H,17,19). The smallest absolute Gasteiger partial charge is 0.290 e. The third kappa shape index (κ3) is 5.10. The number of carbonyl (C=O) groups excluding carboxylic acids is 2. The van der Waals surface area contributed by atoms with Crippen LogP contribution in [-0.4, -0.2) is 11.8 Å². The van der Waals surface area contributed by atoms with Crippen molar-refractivity contribution in [2.45, 2.75) is 44.9 Å². The largest absolute Gasteiger partial charge is 0.326 e. The van der Waals surface area contributed by atoms with E-state index < -0.39 is 5.91 Å². The summed E-state index contributed by atoms with van der Waals surface area (Å²) in [5.74, 6) is -0.140. The number of carbonyl (C=O) groups is 2. The molecule has 1 fully saturated rings. The van der Waals surface area contributed by atoms with Crippen LogP contribution < -0.4 is 5.32 Å². The molecule has 5 nitrogen and oxygen atoms in total. The fourth-order valence-corrected chi connectivity index (χ4v) is 2.78. The van der Waals surface area contributed by atoms with Gasteiger partial charge in [0, 0.05) is 17.3 Å². The number of rotatable bonds is 5. The Morgan fingerprint density at radius 1 is 1.10 bits per heavy atom. The first-order valence-electron chi connectivity index (χ1n) is 7.42. The zero-order valence-corrected chi connectivity index (χ0v) is 12.0. The van der Waals surface area contributed by atoms with Gasteiger partial charge in [-0.25, -0.2) is 0 Å². The van der Waals surface area contributed by atoms with Crippen molar-refractivity contribution in [2.75, 3.05) is 5.32 Å². The molecule has 21 heavy (non-hydrogen) atoms. The predicted octanol–water partition coefficient (Wildman–Crippen LogP) is 3.43. The van der Waals surface area contributed by atoms with Gasteiger partial charge in [-0.1, -0.05) is 31.4 Å². The van der Waals surface area contributed by atoms with E-state index in [0.29, 0.717) is 23.6 Å². The topological polar surface area (TPSA) is 75.6 Å². The van der Waals surface area contributed by atoms with Crippen LogP contribution in [0.25, 0.3) is 0 Å². The Kier molecular flexibility index (Phi) is 5.60.